The molecule has 0 aliphatic rings. The normalized spacial score (nSPS) is 11.1. The van der Waals surface area contributed by atoms with Crippen LogP contribution in [0.5, 0.6) is 0 Å². The first-order valence-corrected chi connectivity index (χ1v) is 8.40. The number of carbonyl (C=O) groups excluding carboxylic acids is 1. The van der Waals surface area contributed by atoms with Crippen LogP contribution >= 0.6 is 0 Å². The number of nitrogens with zero attached hydrogens (tertiary/aromatic N) is 1. The molecule has 122 valence electrons. The zero-order valence-electron chi connectivity index (χ0n) is 12.2. The fourth-order valence-corrected chi connectivity index (χ4v) is 2.76. The van der Waals surface area contributed by atoms with E-state index in [2.05, 4.69) is 5.32 Å². The fraction of sp³-hybridized carbons (Fsp3) is 0.133. The highest BCUT2D eigenvalue weighted by Gasteiger charge is 2.20. The average molecular weight is 340 g/mol. The van der Waals surface area contributed by atoms with Gasteiger partial charge in [-0.05, 0) is 24.3 Å². The first kappa shape index (κ1) is 16.9. The molecule has 0 atom stereocenters. The maximum atomic E-state index is 13.1. The second kappa shape index (κ2) is 6.74. The number of amides is 1. The van der Waals surface area contributed by atoms with Crippen LogP contribution in [0, 0.1) is 11.6 Å². The molecule has 2 aromatic carbocycles. The highest BCUT2D eigenvalue weighted by Crippen LogP contribution is 2.17. The lowest BCUT2D eigenvalue weighted by atomic mass is 10.3. The molecule has 2 aromatic rings. The number of benzene rings is 2. The number of para-hydroxylation sites is 1. The Morgan fingerprint density at radius 1 is 1.09 bits per heavy atom. The van der Waals surface area contributed by atoms with Crippen LogP contribution in [0.4, 0.5) is 20.2 Å². The van der Waals surface area contributed by atoms with Crippen molar-refractivity contribution in [2.45, 2.75) is 0 Å². The summed E-state index contributed by atoms with van der Waals surface area (Å²) in [5, 5.41) is 2.33. The van der Waals surface area contributed by atoms with Crippen molar-refractivity contribution in [3.05, 3.63) is 60.2 Å². The van der Waals surface area contributed by atoms with Crippen LogP contribution < -0.4 is 9.62 Å². The van der Waals surface area contributed by atoms with E-state index in [1.165, 1.54) is 6.07 Å². The number of anilines is 2. The zero-order valence-corrected chi connectivity index (χ0v) is 13.0. The first-order valence-electron chi connectivity index (χ1n) is 6.55. The molecular formula is C15H14F2N2O3S. The molecule has 0 spiro atoms. The van der Waals surface area contributed by atoms with Gasteiger partial charge in [-0.2, -0.15) is 0 Å². The van der Waals surface area contributed by atoms with Crippen LogP contribution in [0.25, 0.3) is 0 Å². The molecule has 0 unspecified atom stereocenters. The molecule has 0 aliphatic carbocycles. The lowest BCUT2D eigenvalue weighted by Gasteiger charge is -2.21. The van der Waals surface area contributed by atoms with Crippen LogP contribution in [0.2, 0.25) is 0 Å². The Morgan fingerprint density at radius 2 is 1.74 bits per heavy atom. The summed E-state index contributed by atoms with van der Waals surface area (Å²) in [6.45, 7) is -0.484. The quantitative estimate of drug-likeness (QED) is 0.909. The number of nitrogens with one attached hydrogen (secondary N) is 1. The van der Waals surface area contributed by atoms with E-state index in [0.717, 1.165) is 22.7 Å². The van der Waals surface area contributed by atoms with Crippen molar-refractivity contribution in [3.8, 4) is 0 Å². The predicted octanol–water partition coefficient (Wildman–Crippen LogP) is 2.37. The molecule has 23 heavy (non-hydrogen) atoms. The summed E-state index contributed by atoms with van der Waals surface area (Å²) in [7, 11) is -3.68. The molecule has 5 nitrogen and oxygen atoms in total. The summed E-state index contributed by atoms with van der Waals surface area (Å²) in [5.74, 6) is -2.82. The van der Waals surface area contributed by atoms with Gasteiger partial charge in [-0.25, -0.2) is 17.2 Å². The van der Waals surface area contributed by atoms with E-state index in [1.54, 1.807) is 30.3 Å². The van der Waals surface area contributed by atoms with Crippen molar-refractivity contribution in [1.29, 1.82) is 0 Å². The summed E-state index contributed by atoms with van der Waals surface area (Å²) < 4.78 is 50.6. The Hall–Kier alpha value is -2.48. The smallest absolute Gasteiger partial charge is 0.245 e. The van der Waals surface area contributed by atoms with Gasteiger partial charge in [-0.3, -0.25) is 9.10 Å². The SMILES string of the molecule is CS(=O)(=O)N(CC(=O)Nc1ccc(F)c(F)c1)c1ccccc1. The second-order valence-electron chi connectivity index (χ2n) is 4.78. The summed E-state index contributed by atoms with van der Waals surface area (Å²) in [5.41, 5.74) is 0.367. The van der Waals surface area contributed by atoms with E-state index in [0.29, 0.717) is 5.69 Å². The van der Waals surface area contributed by atoms with Crippen molar-refractivity contribution in [2.75, 3.05) is 22.4 Å². The molecule has 1 N–H and O–H groups in total. The number of hydrogen-bond acceptors (Lipinski definition) is 3. The van der Waals surface area contributed by atoms with E-state index in [4.69, 9.17) is 0 Å². The first-order chi connectivity index (χ1) is 10.8. The summed E-state index contributed by atoms with van der Waals surface area (Å²) in [4.78, 5) is 12.0. The van der Waals surface area contributed by atoms with Gasteiger partial charge in [0, 0.05) is 11.8 Å². The number of halogens is 2. The van der Waals surface area contributed by atoms with Crippen molar-refractivity contribution in [3.63, 3.8) is 0 Å². The molecule has 0 saturated carbocycles. The van der Waals surface area contributed by atoms with Gasteiger partial charge in [-0.15, -0.1) is 0 Å². The summed E-state index contributed by atoms with van der Waals surface area (Å²) >= 11 is 0. The van der Waals surface area contributed by atoms with Crippen molar-refractivity contribution < 1.29 is 22.0 Å². The number of sulfonamides is 1. The maximum Gasteiger partial charge on any atom is 0.245 e. The van der Waals surface area contributed by atoms with E-state index in [1.807, 2.05) is 0 Å². The molecule has 8 heteroatoms. The highest BCUT2D eigenvalue weighted by atomic mass is 32.2. The monoisotopic (exact) mass is 340 g/mol. The van der Waals surface area contributed by atoms with Gasteiger partial charge >= 0.3 is 0 Å². The van der Waals surface area contributed by atoms with Gasteiger partial charge in [0.2, 0.25) is 15.9 Å². The Kier molecular flexibility index (Phi) is 4.95. The van der Waals surface area contributed by atoms with E-state index >= 15 is 0 Å². The van der Waals surface area contributed by atoms with Crippen LogP contribution in [0.1, 0.15) is 0 Å². The van der Waals surface area contributed by atoms with Gasteiger partial charge < -0.3 is 5.32 Å². The van der Waals surface area contributed by atoms with Gasteiger partial charge in [0.25, 0.3) is 0 Å². The molecule has 0 aromatic heterocycles. The van der Waals surface area contributed by atoms with Crippen LogP contribution in [-0.2, 0) is 14.8 Å². The van der Waals surface area contributed by atoms with E-state index in [9.17, 15) is 22.0 Å². The summed E-state index contributed by atoms with van der Waals surface area (Å²) in [6.07, 6.45) is 0.977. The molecule has 0 bridgehead atoms. The topological polar surface area (TPSA) is 66.5 Å². The zero-order chi connectivity index (χ0) is 17.0. The third-order valence-electron chi connectivity index (χ3n) is 2.94. The molecular weight excluding hydrogens is 326 g/mol. The van der Waals surface area contributed by atoms with Crippen LogP contribution in [0.15, 0.2) is 48.5 Å². The van der Waals surface area contributed by atoms with E-state index in [-0.39, 0.29) is 5.69 Å². The fourth-order valence-electron chi connectivity index (χ4n) is 1.90. The van der Waals surface area contributed by atoms with Gasteiger partial charge in [0.15, 0.2) is 11.6 Å². The van der Waals surface area contributed by atoms with Gasteiger partial charge in [0.1, 0.15) is 6.54 Å². The highest BCUT2D eigenvalue weighted by molar-refractivity contribution is 7.92. The minimum atomic E-state index is -3.68. The van der Waals surface area contributed by atoms with Crippen LogP contribution in [-0.4, -0.2) is 27.1 Å². The Balaban J connectivity index is 2.17. The standard InChI is InChI=1S/C15H14F2N2O3S/c1-23(21,22)19(12-5-3-2-4-6-12)10-15(20)18-11-7-8-13(16)14(17)9-11/h2-9H,10H2,1H3,(H,18,20). The predicted molar refractivity (Wildman–Crippen MR) is 83.6 cm³/mol. The van der Waals surface area contributed by atoms with Crippen molar-refractivity contribution >= 4 is 27.3 Å². The van der Waals surface area contributed by atoms with Crippen molar-refractivity contribution in [1.82, 2.24) is 0 Å². The molecule has 0 saturated heterocycles. The second-order valence-corrected chi connectivity index (χ2v) is 6.69. The Bertz CT molecular complexity index is 811. The van der Waals surface area contributed by atoms with E-state index < -0.39 is 34.1 Å². The molecule has 2 rings (SSSR count). The third kappa shape index (κ3) is 4.49. The Labute approximate surface area is 132 Å². The van der Waals surface area contributed by atoms with Gasteiger partial charge in [0.05, 0.1) is 11.9 Å². The number of rotatable bonds is 5. The minimum Gasteiger partial charge on any atom is -0.324 e. The number of hydrogen-bond donors (Lipinski definition) is 1. The average Bonchev–Trinajstić information content (AvgIpc) is 2.48. The summed E-state index contributed by atoms with van der Waals surface area (Å²) in [6, 6.07) is 11.0. The molecule has 0 heterocycles. The van der Waals surface area contributed by atoms with Crippen LogP contribution in [0.3, 0.4) is 0 Å². The van der Waals surface area contributed by atoms with Gasteiger partial charge in [-0.1, -0.05) is 18.2 Å². The lowest BCUT2D eigenvalue weighted by Crippen LogP contribution is -2.37. The lowest BCUT2D eigenvalue weighted by molar-refractivity contribution is -0.114. The maximum absolute atomic E-state index is 13.1. The molecule has 1 amide bonds. The number of carbonyl (C=O) groups is 1. The largest absolute Gasteiger partial charge is 0.324 e. The third-order valence-corrected chi connectivity index (χ3v) is 4.08. The molecule has 0 radical (unpaired) electrons. The molecule has 0 aliphatic heterocycles. The van der Waals surface area contributed by atoms with Crippen molar-refractivity contribution in [2.24, 2.45) is 0 Å². The molecule has 0 fully saturated rings. The minimum absolute atomic E-state index is 0.0374. The Morgan fingerprint density at radius 3 is 2.30 bits per heavy atom.